The van der Waals surface area contributed by atoms with E-state index in [4.69, 9.17) is 0 Å². The molecule has 0 unspecified atom stereocenters. The van der Waals surface area contributed by atoms with Gasteiger partial charge in [0, 0.05) is 5.56 Å². The molecule has 0 aliphatic rings. The minimum Gasteiger partial charge on any atom is -0.227 e. The van der Waals surface area contributed by atoms with Crippen molar-refractivity contribution >= 4 is 10.7 Å². The Bertz CT molecular complexity index is 583. The quantitative estimate of drug-likeness (QED) is 0.813. The van der Waals surface area contributed by atoms with Crippen molar-refractivity contribution in [2.24, 2.45) is 0 Å². The molecule has 82 valence electrons. The van der Waals surface area contributed by atoms with Crippen molar-refractivity contribution in [3.8, 4) is 11.1 Å². The lowest BCUT2D eigenvalue weighted by Gasteiger charge is -2.03. The van der Waals surface area contributed by atoms with E-state index in [0.29, 0.717) is 11.1 Å². The van der Waals surface area contributed by atoms with Gasteiger partial charge >= 0.3 is 0 Å². The molecule has 0 saturated carbocycles. The van der Waals surface area contributed by atoms with Crippen LogP contribution >= 0.6 is 0 Å². The van der Waals surface area contributed by atoms with Gasteiger partial charge in [0.1, 0.15) is 5.82 Å². The van der Waals surface area contributed by atoms with Gasteiger partial charge in [-0.3, -0.25) is 0 Å². The van der Waals surface area contributed by atoms with Gasteiger partial charge in [-0.1, -0.05) is 30.3 Å². The fourth-order valence-electron chi connectivity index (χ4n) is 1.48. The standard InChI is InChI=1S/C12H9FO2S/c13-12-7-2-1-6-11(12)9-4-3-5-10(8-9)16(14)15/h1-8,16H. The van der Waals surface area contributed by atoms with E-state index in [9.17, 15) is 12.8 Å². The van der Waals surface area contributed by atoms with Crippen molar-refractivity contribution in [3.63, 3.8) is 0 Å². The van der Waals surface area contributed by atoms with Gasteiger partial charge in [-0.2, -0.15) is 0 Å². The van der Waals surface area contributed by atoms with Crippen LogP contribution in [-0.2, 0) is 10.7 Å². The Labute approximate surface area is 94.3 Å². The number of hydrogen-bond donors (Lipinski definition) is 1. The average Bonchev–Trinajstić information content (AvgIpc) is 2.30. The van der Waals surface area contributed by atoms with Crippen molar-refractivity contribution in [2.45, 2.75) is 4.90 Å². The fourth-order valence-corrected chi connectivity index (χ4v) is 1.93. The van der Waals surface area contributed by atoms with Gasteiger partial charge in [0.15, 0.2) is 10.7 Å². The molecule has 0 radical (unpaired) electrons. The molecule has 0 saturated heterocycles. The molecule has 2 rings (SSSR count). The van der Waals surface area contributed by atoms with E-state index in [1.165, 1.54) is 18.2 Å². The lowest BCUT2D eigenvalue weighted by atomic mass is 10.1. The van der Waals surface area contributed by atoms with Gasteiger partial charge in [-0.05, 0) is 23.8 Å². The summed E-state index contributed by atoms with van der Waals surface area (Å²) in [5, 5.41) is 0. The maximum absolute atomic E-state index is 13.5. The molecule has 2 nitrogen and oxygen atoms in total. The Kier molecular flexibility index (Phi) is 3.01. The summed E-state index contributed by atoms with van der Waals surface area (Å²) in [5.41, 5.74) is 0.969. The SMILES string of the molecule is O=[SH](=O)c1cccc(-c2ccccc2F)c1. The van der Waals surface area contributed by atoms with Crippen LogP contribution in [0.5, 0.6) is 0 Å². The first-order chi connectivity index (χ1) is 7.68. The van der Waals surface area contributed by atoms with Crippen molar-refractivity contribution in [2.75, 3.05) is 0 Å². The van der Waals surface area contributed by atoms with Crippen LogP contribution in [-0.4, -0.2) is 8.42 Å². The molecule has 0 amide bonds. The normalized spacial score (nSPS) is 10.6. The second kappa shape index (κ2) is 4.45. The predicted octanol–water partition coefficient (Wildman–Crippen LogP) is 2.46. The molecule has 0 N–H and O–H groups in total. The number of halogens is 1. The summed E-state index contributed by atoms with van der Waals surface area (Å²) in [6, 6.07) is 12.5. The zero-order valence-corrected chi connectivity index (χ0v) is 9.15. The highest BCUT2D eigenvalue weighted by atomic mass is 32.2. The highest BCUT2D eigenvalue weighted by Crippen LogP contribution is 2.23. The van der Waals surface area contributed by atoms with Gasteiger partial charge in [0.2, 0.25) is 0 Å². The Morgan fingerprint density at radius 1 is 0.938 bits per heavy atom. The van der Waals surface area contributed by atoms with Crippen LogP contribution in [0.15, 0.2) is 53.4 Å². The van der Waals surface area contributed by atoms with Crippen LogP contribution in [0.1, 0.15) is 0 Å². The van der Waals surface area contributed by atoms with Crippen LogP contribution in [0.4, 0.5) is 4.39 Å². The molecule has 0 fully saturated rings. The second-order valence-corrected chi connectivity index (χ2v) is 4.32. The molecule has 0 bridgehead atoms. The van der Waals surface area contributed by atoms with Crippen LogP contribution in [0.2, 0.25) is 0 Å². The Morgan fingerprint density at radius 2 is 1.69 bits per heavy atom. The third kappa shape index (κ3) is 2.12. The Morgan fingerprint density at radius 3 is 2.38 bits per heavy atom. The van der Waals surface area contributed by atoms with Crippen molar-refractivity contribution in [1.29, 1.82) is 0 Å². The number of rotatable bonds is 2. The first-order valence-electron chi connectivity index (χ1n) is 4.68. The zero-order valence-electron chi connectivity index (χ0n) is 8.26. The van der Waals surface area contributed by atoms with Crippen LogP contribution < -0.4 is 0 Å². The number of thiol groups is 1. The fraction of sp³-hybridized carbons (Fsp3) is 0. The van der Waals surface area contributed by atoms with E-state index in [-0.39, 0.29) is 10.7 Å². The first-order valence-corrected chi connectivity index (χ1v) is 5.85. The van der Waals surface area contributed by atoms with Crippen LogP contribution in [0.25, 0.3) is 11.1 Å². The summed E-state index contributed by atoms with van der Waals surface area (Å²) >= 11 is 0. The molecule has 0 aromatic heterocycles. The smallest absolute Gasteiger partial charge is 0.168 e. The number of benzene rings is 2. The maximum atomic E-state index is 13.5. The van der Waals surface area contributed by atoms with Crippen molar-refractivity contribution < 1.29 is 12.8 Å². The minimum absolute atomic E-state index is 0.191. The van der Waals surface area contributed by atoms with E-state index in [2.05, 4.69) is 0 Å². The molecule has 0 aliphatic carbocycles. The lowest BCUT2D eigenvalue weighted by Crippen LogP contribution is -1.86. The summed E-state index contributed by atoms with van der Waals surface area (Å²) in [6.45, 7) is 0. The summed E-state index contributed by atoms with van der Waals surface area (Å²) in [4.78, 5) is 0.191. The predicted molar refractivity (Wildman–Crippen MR) is 60.4 cm³/mol. The van der Waals surface area contributed by atoms with Crippen molar-refractivity contribution in [3.05, 3.63) is 54.3 Å². The molecule has 0 heterocycles. The van der Waals surface area contributed by atoms with E-state index >= 15 is 0 Å². The average molecular weight is 236 g/mol. The van der Waals surface area contributed by atoms with Crippen LogP contribution in [0.3, 0.4) is 0 Å². The Hall–Kier alpha value is -1.68. The topological polar surface area (TPSA) is 34.1 Å². The van der Waals surface area contributed by atoms with Gasteiger partial charge in [0.05, 0.1) is 4.90 Å². The van der Waals surface area contributed by atoms with Crippen molar-refractivity contribution in [1.82, 2.24) is 0 Å². The maximum Gasteiger partial charge on any atom is 0.168 e. The molecular weight excluding hydrogens is 227 g/mol. The van der Waals surface area contributed by atoms with E-state index < -0.39 is 10.7 Å². The van der Waals surface area contributed by atoms with E-state index in [0.717, 1.165) is 0 Å². The third-order valence-corrected chi connectivity index (χ3v) is 2.94. The molecule has 16 heavy (non-hydrogen) atoms. The molecule has 2 aromatic carbocycles. The van der Waals surface area contributed by atoms with E-state index in [1.807, 2.05) is 0 Å². The van der Waals surface area contributed by atoms with Gasteiger partial charge in [-0.15, -0.1) is 0 Å². The molecule has 0 atom stereocenters. The van der Waals surface area contributed by atoms with Gasteiger partial charge < -0.3 is 0 Å². The summed E-state index contributed by atoms with van der Waals surface area (Å²) in [6.07, 6.45) is 0. The molecule has 4 heteroatoms. The lowest BCUT2D eigenvalue weighted by molar-refractivity contribution is 0.614. The minimum atomic E-state index is -2.63. The summed E-state index contributed by atoms with van der Waals surface area (Å²) < 4.78 is 35.1. The van der Waals surface area contributed by atoms with Gasteiger partial charge in [-0.25, -0.2) is 12.8 Å². The summed E-state index contributed by atoms with van der Waals surface area (Å²) in [7, 11) is -2.63. The number of hydrogen-bond acceptors (Lipinski definition) is 2. The highest BCUT2D eigenvalue weighted by Gasteiger charge is 2.04. The van der Waals surface area contributed by atoms with Crippen LogP contribution in [0, 0.1) is 5.82 Å². The highest BCUT2D eigenvalue weighted by molar-refractivity contribution is 7.72. The third-order valence-electron chi connectivity index (χ3n) is 2.24. The Balaban J connectivity index is 2.57. The first kappa shape index (κ1) is 10.8. The molecular formula is C12H9FO2S. The molecule has 0 aliphatic heterocycles. The van der Waals surface area contributed by atoms with E-state index in [1.54, 1.807) is 30.3 Å². The summed E-state index contributed by atoms with van der Waals surface area (Å²) in [5.74, 6) is -0.360. The zero-order chi connectivity index (χ0) is 11.5. The monoisotopic (exact) mass is 236 g/mol. The van der Waals surface area contributed by atoms with Gasteiger partial charge in [0.25, 0.3) is 0 Å². The second-order valence-electron chi connectivity index (χ2n) is 3.29. The molecule has 0 spiro atoms. The largest absolute Gasteiger partial charge is 0.227 e. The molecule has 2 aromatic rings.